The molecule has 1 aliphatic rings. The predicted octanol–water partition coefficient (Wildman–Crippen LogP) is 2.61. The second kappa shape index (κ2) is 8.04. The van der Waals surface area contributed by atoms with Gasteiger partial charge < -0.3 is 4.74 Å². The summed E-state index contributed by atoms with van der Waals surface area (Å²) in [6.45, 7) is -0.585. The number of non-ortho nitro benzene ring substituents is 1. The Labute approximate surface area is 194 Å². The third-order valence-corrected chi connectivity index (χ3v) is 6.00. The molecule has 1 aliphatic heterocycles. The van der Waals surface area contributed by atoms with Gasteiger partial charge in [0.15, 0.2) is 0 Å². The Hall–Kier alpha value is -4.65. The topological polar surface area (TPSA) is 149 Å². The second-order valence-corrected chi connectivity index (χ2v) is 8.05. The summed E-state index contributed by atoms with van der Waals surface area (Å²) >= 11 is 1.33. The zero-order chi connectivity index (χ0) is 24.0. The van der Waals surface area contributed by atoms with Crippen LogP contribution in [-0.4, -0.2) is 55.8 Å². The van der Waals surface area contributed by atoms with Gasteiger partial charge in [-0.2, -0.15) is 4.98 Å². The van der Waals surface area contributed by atoms with E-state index in [2.05, 4.69) is 15.4 Å². The van der Waals surface area contributed by atoms with E-state index in [4.69, 9.17) is 4.74 Å². The number of carbonyl (C=O) groups is 3. The SMILES string of the molecule is COc1ccc(-c2csc3nc(NC(=O)CN4C(=O)c5ccc([N+](=O)[O-])cc5C4=O)nn23)cc1. The maximum atomic E-state index is 12.6. The molecule has 2 aromatic heterocycles. The average molecular weight is 478 g/mol. The first-order chi connectivity index (χ1) is 16.4. The van der Waals surface area contributed by atoms with Crippen LogP contribution in [-0.2, 0) is 4.79 Å². The van der Waals surface area contributed by atoms with E-state index in [9.17, 15) is 24.5 Å². The predicted molar refractivity (Wildman–Crippen MR) is 120 cm³/mol. The van der Waals surface area contributed by atoms with Crippen LogP contribution >= 0.6 is 11.3 Å². The number of thiazole rings is 1. The fourth-order valence-corrected chi connectivity index (χ4v) is 4.37. The molecule has 0 spiro atoms. The highest BCUT2D eigenvalue weighted by molar-refractivity contribution is 7.15. The van der Waals surface area contributed by atoms with Crippen LogP contribution in [0.15, 0.2) is 47.8 Å². The third-order valence-electron chi connectivity index (χ3n) is 5.19. The van der Waals surface area contributed by atoms with Crippen molar-refractivity contribution in [3.8, 4) is 17.0 Å². The van der Waals surface area contributed by atoms with E-state index in [1.807, 2.05) is 29.6 Å². The molecule has 0 atom stereocenters. The Kier molecular flexibility index (Phi) is 5.02. The van der Waals surface area contributed by atoms with E-state index in [0.717, 1.165) is 28.3 Å². The van der Waals surface area contributed by atoms with Crippen LogP contribution in [0.2, 0.25) is 0 Å². The summed E-state index contributed by atoms with van der Waals surface area (Å²) in [6, 6.07) is 10.7. The van der Waals surface area contributed by atoms with Gasteiger partial charge >= 0.3 is 0 Å². The number of rotatable bonds is 6. The molecule has 5 rings (SSSR count). The minimum atomic E-state index is -0.778. The zero-order valence-corrected chi connectivity index (χ0v) is 18.2. The van der Waals surface area contributed by atoms with E-state index >= 15 is 0 Å². The third kappa shape index (κ3) is 3.53. The van der Waals surface area contributed by atoms with E-state index in [1.165, 1.54) is 17.4 Å². The monoisotopic (exact) mass is 478 g/mol. The van der Waals surface area contributed by atoms with Crippen molar-refractivity contribution in [2.24, 2.45) is 0 Å². The van der Waals surface area contributed by atoms with Crippen LogP contribution in [0.25, 0.3) is 16.2 Å². The Balaban J connectivity index is 1.32. The summed E-state index contributed by atoms with van der Waals surface area (Å²) in [5, 5.41) is 19.6. The number of hydrogen-bond acceptors (Lipinski definition) is 9. The van der Waals surface area contributed by atoms with Crippen molar-refractivity contribution in [2.45, 2.75) is 0 Å². The van der Waals surface area contributed by atoms with Crippen molar-refractivity contribution < 1.29 is 24.0 Å². The summed E-state index contributed by atoms with van der Waals surface area (Å²) in [4.78, 5) is 53.5. The van der Waals surface area contributed by atoms with Crippen LogP contribution in [0.3, 0.4) is 0 Å². The second-order valence-electron chi connectivity index (χ2n) is 7.21. The Morgan fingerprint density at radius 3 is 2.59 bits per heavy atom. The highest BCUT2D eigenvalue weighted by Crippen LogP contribution is 2.28. The largest absolute Gasteiger partial charge is 0.497 e. The van der Waals surface area contributed by atoms with Crippen LogP contribution in [0.4, 0.5) is 11.6 Å². The summed E-state index contributed by atoms with van der Waals surface area (Å²) < 4.78 is 6.74. The van der Waals surface area contributed by atoms with Gasteiger partial charge in [0.2, 0.25) is 10.9 Å². The molecule has 0 fully saturated rings. The normalized spacial score (nSPS) is 12.8. The van der Waals surface area contributed by atoms with Gasteiger partial charge in [0, 0.05) is 23.1 Å². The summed E-state index contributed by atoms with van der Waals surface area (Å²) in [6.07, 6.45) is 0. The maximum absolute atomic E-state index is 12.6. The number of nitro benzene ring substituents is 1. The molecule has 0 unspecified atom stereocenters. The van der Waals surface area contributed by atoms with Gasteiger partial charge in [-0.3, -0.25) is 34.7 Å². The number of methoxy groups -OCH3 is 1. The van der Waals surface area contributed by atoms with Crippen molar-refractivity contribution >= 4 is 45.7 Å². The molecule has 0 radical (unpaired) electrons. The standard InChI is InChI=1S/C21H14N6O6S/c1-33-13-5-2-11(3-6-13)16-10-34-21-23-20(24-26(16)21)22-17(28)9-25-18(29)14-7-4-12(27(31)32)8-15(14)19(25)30/h2-8,10H,9H2,1H3,(H,22,24,28). The maximum Gasteiger partial charge on any atom is 0.270 e. The molecule has 34 heavy (non-hydrogen) atoms. The lowest BCUT2D eigenvalue weighted by Crippen LogP contribution is -2.37. The van der Waals surface area contributed by atoms with Crippen molar-refractivity contribution in [1.29, 1.82) is 0 Å². The van der Waals surface area contributed by atoms with E-state index < -0.39 is 29.2 Å². The zero-order valence-electron chi connectivity index (χ0n) is 17.4. The summed E-state index contributed by atoms with van der Waals surface area (Å²) in [5.74, 6) is -1.44. The molecule has 0 saturated heterocycles. The number of benzene rings is 2. The highest BCUT2D eigenvalue weighted by Gasteiger charge is 2.38. The Morgan fingerprint density at radius 2 is 1.88 bits per heavy atom. The van der Waals surface area contributed by atoms with Gasteiger partial charge in [0.25, 0.3) is 23.5 Å². The molecule has 13 heteroatoms. The quantitative estimate of drug-likeness (QED) is 0.252. The number of hydrogen-bond donors (Lipinski definition) is 1. The number of aromatic nitrogens is 3. The molecule has 3 amide bonds. The van der Waals surface area contributed by atoms with E-state index in [0.29, 0.717) is 10.7 Å². The highest BCUT2D eigenvalue weighted by atomic mass is 32.1. The molecule has 12 nitrogen and oxygen atoms in total. The van der Waals surface area contributed by atoms with Gasteiger partial charge in [-0.05, 0) is 30.3 Å². The molecule has 0 aliphatic carbocycles. The number of amides is 3. The molecule has 3 heterocycles. The number of carbonyl (C=O) groups excluding carboxylic acids is 3. The molecular formula is C21H14N6O6S. The smallest absolute Gasteiger partial charge is 0.270 e. The number of fused-ring (bicyclic) bond motifs is 2. The first-order valence-electron chi connectivity index (χ1n) is 9.79. The van der Waals surface area contributed by atoms with Crippen LogP contribution in [0.5, 0.6) is 5.75 Å². The van der Waals surface area contributed by atoms with E-state index in [-0.39, 0.29) is 22.8 Å². The fourth-order valence-electron chi connectivity index (χ4n) is 3.54. The van der Waals surface area contributed by atoms with Crippen molar-refractivity contribution in [2.75, 3.05) is 19.0 Å². The van der Waals surface area contributed by atoms with Gasteiger partial charge in [-0.1, -0.05) is 0 Å². The Bertz CT molecular complexity index is 1490. The van der Waals surface area contributed by atoms with Gasteiger partial charge in [-0.15, -0.1) is 16.4 Å². The molecule has 1 N–H and O–H groups in total. The van der Waals surface area contributed by atoms with E-state index in [1.54, 1.807) is 11.6 Å². The van der Waals surface area contributed by atoms with Gasteiger partial charge in [0.1, 0.15) is 12.3 Å². The number of anilines is 1. The number of nitrogens with zero attached hydrogens (tertiary/aromatic N) is 5. The lowest BCUT2D eigenvalue weighted by Gasteiger charge is -2.12. The molecule has 2 aromatic carbocycles. The van der Waals surface area contributed by atoms with Crippen molar-refractivity contribution in [3.63, 3.8) is 0 Å². The first-order valence-corrected chi connectivity index (χ1v) is 10.7. The molecule has 0 bridgehead atoms. The van der Waals surface area contributed by atoms with Crippen molar-refractivity contribution in [1.82, 2.24) is 19.5 Å². The number of ether oxygens (including phenoxy) is 1. The van der Waals surface area contributed by atoms with Crippen LogP contribution < -0.4 is 10.1 Å². The minimum absolute atomic E-state index is 0.00756. The average Bonchev–Trinajstić information content (AvgIpc) is 3.47. The summed E-state index contributed by atoms with van der Waals surface area (Å²) in [5.41, 5.74) is 1.21. The van der Waals surface area contributed by atoms with Gasteiger partial charge in [0.05, 0.1) is 28.9 Å². The lowest BCUT2D eigenvalue weighted by atomic mass is 10.1. The summed E-state index contributed by atoms with van der Waals surface area (Å²) in [7, 11) is 1.58. The number of nitro groups is 1. The molecular weight excluding hydrogens is 464 g/mol. The first kappa shape index (κ1) is 21.2. The van der Waals surface area contributed by atoms with Gasteiger partial charge in [-0.25, -0.2) is 4.52 Å². The van der Waals surface area contributed by atoms with Crippen molar-refractivity contribution in [3.05, 3.63) is 69.1 Å². The van der Waals surface area contributed by atoms with Crippen LogP contribution in [0, 0.1) is 10.1 Å². The lowest BCUT2D eigenvalue weighted by molar-refractivity contribution is -0.384. The molecule has 170 valence electrons. The molecule has 4 aromatic rings. The fraction of sp³-hybridized carbons (Fsp3) is 0.0952. The van der Waals surface area contributed by atoms with Crippen LogP contribution in [0.1, 0.15) is 20.7 Å². The minimum Gasteiger partial charge on any atom is -0.497 e. The number of imide groups is 1. The molecule has 0 saturated carbocycles. The number of nitrogens with one attached hydrogen (secondary N) is 1. The Morgan fingerprint density at radius 1 is 1.15 bits per heavy atom.